The lowest BCUT2D eigenvalue weighted by Gasteiger charge is -2.17. The molecular formula is C12H18N4O3. The van der Waals surface area contributed by atoms with Crippen molar-refractivity contribution < 1.29 is 9.53 Å². The molecule has 1 aliphatic heterocycles. The maximum atomic E-state index is 11.8. The second kappa shape index (κ2) is 6.33. The third kappa shape index (κ3) is 3.54. The van der Waals surface area contributed by atoms with Crippen LogP contribution in [-0.2, 0) is 22.5 Å². The van der Waals surface area contributed by atoms with Gasteiger partial charge in [0.05, 0.1) is 18.0 Å². The molecule has 0 aromatic carbocycles. The van der Waals surface area contributed by atoms with E-state index in [-0.39, 0.29) is 18.0 Å². The molecular weight excluding hydrogens is 248 g/mol. The van der Waals surface area contributed by atoms with Crippen LogP contribution in [0.3, 0.4) is 0 Å². The quantitative estimate of drug-likeness (QED) is 0.693. The summed E-state index contributed by atoms with van der Waals surface area (Å²) < 4.78 is 6.04. The number of aromatic nitrogens is 2. The third-order valence-corrected chi connectivity index (χ3v) is 2.90. The summed E-state index contributed by atoms with van der Waals surface area (Å²) in [5, 5.41) is 10.0. The van der Waals surface area contributed by atoms with Gasteiger partial charge in [-0.3, -0.25) is 9.59 Å². The fourth-order valence-electron chi connectivity index (χ4n) is 1.94. The van der Waals surface area contributed by atoms with Crippen molar-refractivity contribution in [3.63, 3.8) is 0 Å². The Morgan fingerprint density at radius 1 is 1.63 bits per heavy atom. The van der Waals surface area contributed by atoms with Gasteiger partial charge in [-0.15, -0.1) is 0 Å². The Balaban J connectivity index is 2.04. The van der Waals surface area contributed by atoms with Crippen LogP contribution in [0.5, 0.6) is 0 Å². The zero-order chi connectivity index (χ0) is 13.7. The van der Waals surface area contributed by atoms with Gasteiger partial charge in [0.1, 0.15) is 6.54 Å². The molecule has 0 radical (unpaired) electrons. The van der Waals surface area contributed by atoms with Crippen LogP contribution in [0.25, 0.3) is 0 Å². The topological polar surface area (TPSA) is 85.2 Å². The summed E-state index contributed by atoms with van der Waals surface area (Å²) in [6.45, 7) is 1.67. The summed E-state index contributed by atoms with van der Waals surface area (Å²) in [5.41, 5.74) is 1.36. The molecule has 0 aliphatic carbocycles. The van der Waals surface area contributed by atoms with E-state index in [9.17, 15) is 9.59 Å². The smallest absolute Gasteiger partial charge is 0.269 e. The Hall–Kier alpha value is -1.89. The molecule has 2 rings (SSSR count). The first-order valence-corrected chi connectivity index (χ1v) is 6.31. The van der Waals surface area contributed by atoms with Crippen LogP contribution in [0.2, 0.25) is 0 Å². The molecule has 0 spiro atoms. The molecule has 0 fully saturated rings. The summed E-state index contributed by atoms with van der Waals surface area (Å²) in [4.78, 5) is 23.4. The lowest BCUT2D eigenvalue weighted by molar-refractivity contribution is -0.122. The molecule has 19 heavy (non-hydrogen) atoms. The van der Waals surface area contributed by atoms with Crippen LogP contribution < -0.4 is 16.2 Å². The second-order valence-electron chi connectivity index (χ2n) is 4.37. The van der Waals surface area contributed by atoms with E-state index in [0.717, 1.165) is 30.8 Å². The Morgan fingerprint density at radius 2 is 2.47 bits per heavy atom. The highest BCUT2D eigenvalue weighted by Crippen LogP contribution is 2.16. The predicted octanol–water partition coefficient (Wildman–Crippen LogP) is -0.636. The van der Waals surface area contributed by atoms with Crippen molar-refractivity contribution in [2.75, 3.05) is 32.1 Å². The number of ether oxygens (including phenoxy) is 1. The average molecular weight is 266 g/mol. The van der Waals surface area contributed by atoms with E-state index in [1.54, 1.807) is 7.11 Å². The van der Waals surface area contributed by atoms with Crippen molar-refractivity contribution >= 4 is 11.6 Å². The summed E-state index contributed by atoms with van der Waals surface area (Å²) in [6, 6.07) is 1.50. The molecule has 2 N–H and O–H groups in total. The number of aryl methyl sites for hydroxylation is 1. The van der Waals surface area contributed by atoms with E-state index in [2.05, 4.69) is 15.7 Å². The zero-order valence-corrected chi connectivity index (χ0v) is 10.9. The Morgan fingerprint density at radius 3 is 3.26 bits per heavy atom. The first-order chi connectivity index (χ1) is 9.20. The number of fused-ring (bicyclic) bond motifs is 1. The Labute approximate surface area is 110 Å². The van der Waals surface area contributed by atoms with Crippen molar-refractivity contribution in [2.24, 2.45) is 0 Å². The number of hydrogen-bond acceptors (Lipinski definition) is 5. The molecule has 0 unspecified atom stereocenters. The van der Waals surface area contributed by atoms with E-state index in [0.29, 0.717) is 13.2 Å². The van der Waals surface area contributed by atoms with Gasteiger partial charge >= 0.3 is 0 Å². The van der Waals surface area contributed by atoms with Crippen molar-refractivity contribution in [2.45, 2.75) is 19.4 Å². The zero-order valence-electron chi connectivity index (χ0n) is 10.9. The molecule has 0 saturated carbocycles. The van der Waals surface area contributed by atoms with E-state index >= 15 is 0 Å². The number of carbonyl (C=O) groups excluding carboxylic acids is 1. The number of nitrogens with one attached hydrogen (secondary N) is 2. The van der Waals surface area contributed by atoms with Crippen LogP contribution in [0.15, 0.2) is 10.9 Å². The van der Waals surface area contributed by atoms with Gasteiger partial charge in [0.15, 0.2) is 0 Å². The van der Waals surface area contributed by atoms with Crippen LogP contribution in [0, 0.1) is 0 Å². The fourth-order valence-corrected chi connectivity index (χ4v) is 1.94. The normalized spacial score (nSPS) is 13.5. The van der Waals surface area contributed by atoms with Crippen LogP contribution >= 0.6 is 0 Å². The number of methoxy groups -OCH3 is 1. The number of hydrogen-bond donors (Lipinski definition) is 2. The maximum Gasteiger partial charge on any atom is 0.269 e. The van der Waals surface area contributed by atoms with E-state index < -0.39 is 0 Å². The van der Waals surface area contributed by atoms with Gasteiger partial charge in [0, 0.05) is 26.3 Å². The summed E-state index contributed by atoms with van der Waals surface area (Å²) in [6.07, 6.45) is 1.81. The summed E-state index contributed by atoms with van der Waals surface area (Å²) in [5.74, 6) is -0.240. The first kappa shape index (κ1) is 13.5. The SMILES string of the molecule is COCCNC(=O)Cn1nc2c(cc1=O)NCCC2. The van der Waals surface area contributed by atoms with Crippen LogP contribution in [0.1, 0.15) is 12.1 Å². The average Bonchev–Trinajstić information content (AvgIpc) is 2.40. The molecule has 1 aromatic rings. The molecule has 7 heteroatoms. The molecule has 0 saturated heterocycles. The van der Waals surface area contributed by atoms with E-state index in [1.807, 2.05) is 0 Å². The molecule has 0 atom stereocenters. The largest absolute Gasteiger partial charge is 0.383 e. The summed E-state index contributed by atoms with van der Waals surface area (Å²) in [7, 11) is 1.56. The van der Waals surface area contributed by atoms with E-state index in [4.69, 9.17) is 4.74 Å². The molecule has 1 aromatic heterocycles. The monoisotopic (exact) mass is 266 g/mol. The number of nitrogens with zero attached hydrogens (tertiary/aromatic N) is 2. The van der Waals surface area contributed by atoms with Gasteiger partial charge in [-0.05, 0) is 12.8 Å². The van der Waals surface area contributed by atoms with Gasteiger partial charge in [-0.2, -0.15) is 5.10 Å². The van der Waals surface area contributed by atoms with Crippen molar-refractivity contribution in [1.29, 1.82) is 0 Å². The van der Waals surface area contributed by atoms with E-state index in [1.165, 1.54) is 10.7 Å². The maximum absolute atomic E-state index is 11.8. The Bertz CT molecular complexity index is 512. The highest BCUT2D eigenvalue weighted by Gasteiger charge is 2.14. The van der Waals surface area contributed by atoms with Crippen molar-refractivity contribution in [3.8, 4) is 0 Å². The van der Waals surface area contributed by atoms with Crippen LogP contribution in [0.4, 0.5) is 5.69 Å². The minimum Gasteiger partial charge on any atom is -0.383 e. The highest BCUT2D eigenvalue weighted by atomic mass is 16.5. The minimum absolute atomic E-state index is 0.0597. The standard InChI is InChI=1S/C12H18N4O3/c1-19-6-5-14-11(17)8-16-12(18)7-10-9(15-16)3-2-4-13-10/h7,13H,2-6,8H2,1H3,(H,14,17). The third-order valence-electron chi connectivity index (χ3n) is 2.90. The lowest BCUT2D eigenvalue weighted by atomic mass is 10.1. The van der Waals surface area contributed by atoms with Gasteiger partial charge in [-0.25, -0.2) is 4.68 Å². The second-order valence-corrected chi connectivity index (χ2v) is 4.37. The molecule has 1 aliphatic rings. The number of rotatable bonds is 5. The first-order valence-electron chi connectivity index (χ1n) is 6.31. The van der Waals surface area contributed by atoms with Gasteiger partial charge in [0.25, 0.3) is 5.56 Å². The highest BCUT2D eigenvalue weighted by molar-refractivity contribution is 5.75. The summed E-state index contributed by atoms with van der Waals surface area (Å²) >= 11 is 0. The fraction of sp³-hybridized carbons (Fsp3) is 0.583. The van der Waals surface area contributed by atoms with Gasteiger partial charge in [-0.1, -0.05) is 0 Å². The number of carbonyl (C=O) groups is 1. The lowest BCUT2D eigenvalue weighted by Crippen LogP contribution is -2.36. The van der Waals surface area contributed by atoms with Crippen LogP contribution in [-0.4, -0.2) is 42.5 Å². The molecule has 2 heterocycles. The van der Waals surface area contributed by atoms with Crippen molar-refractivity contribution in [1.82, 2.24) is 15.1 Å². The minimum atomic E-state index is -0.268. The molecule has 7 nitrogen and oxygen atoms in total. The Kier molecular flexibility index (Phi) is 4.51. The predicted molar refractivity (Wildman–Crippen MR) is 70.2 cm³/mol. The molecule has 104 valence electrons. The number of amides is 1. The molecule has 0 bridgehead atoms. The number of anilines is 1. The van der Waals surface area contributed by atoms with Crippen molar-refractivity contribution in [3.05, 3.63) is 22.1 Å². The van der Waals surface area contributed by atoms with Gasteiger partial charge < -0.3 is 15.4 Å². The molecule has 1 amide bonds. The van der Waals surface area contributed by atoms with Gasteiger partial charge in [0.2, 0.25) is 5.91 Å².